The number of nitrogens with one attached hydrogen (secondary N) is 1. The lowest BCUT2D eigenvalue weighted by molar-refractivity contribution is -0.133. The van der Waals surface area contributed by atoms with Crippen molar-refractivity contribution in [2.75, 3.05) is 28.3 Å². The number of hydrogen-bond donors (Lipinski definition) is 2. The summed E-state index contributed by atoms with van der Waals surface area (Å²) in [7, 11) is 0. The van der Waals surface area contributed by atoms with Crippen molar-refractivity contribution in [1.29, 1.82) is 0 Å². The molecule has 0 aliphatic carbocycles. The predicted molar refractivity (Wildman–Crippen MR) is 91.0 cm³/mol. The quantitative estimate of drug-likeness (QED) is 0.796. The molecule has 0 radical (unpaired) electrons. The first-order valence-corrected chi connectivity index (χ1v) is 8.69. The highest BCUT2D eigenvalue weighted by Gasteiger charge is 2.23. The van der Waals surface area contributed by atoms with Gasteiger partial charge in [-0.05, 0) is 36.6 Å². The van der Waals surface area contributed by atoms with Crippen LogP contribution in [0.2, 0.25) is 0 Å². The zero-order chi connectivity index (χ0) is 16.8. The number of hydrogen-bond acceptors (Lipinski definition) is 4. The molecule has 0 spiro atoms. The molecule has 2 N–H and O–H groups in total. The Morgan fingerprint density at radius 3 is 2.78 bits per heavy atom. The van der Waals surface area contributed by atoms with Gasteiger partial charge in [-0.3, -0.25) is 14.4 Å². The Kier molecular flexibility index (Phi) is 6.04. The van der Waals surface area contributed by atoms with Gasteiger partial charge < -0.3 is 15.3 Å². The minimum atomic E-state index is -0.933. The molecule has 124 valence electrons. The standard InChI is InChI=1S/C16H20N2O4S/c1-2-7-18-13-5-4-12(8-11(13)3-6-15(18)20)17-14(19)9-23-10-16(21)22/h4-5,8H,2-3,6-7,9-10H2,1H3,(H,17,19)(H,21,22). The van der Waals surface area contributed by atoms with Crippen molar-refractivity contribution in [1.82, 2.24) is 0 Å². The van der Waals surface area contributed by atoms with Crippen molar-refractivity contribution in [3.63, 3.8) is 0 Å². The number of carbonyl (C=O) groups is 3. The van der Waals surface area contributed by atoms with Crippen LogP contribution in [-0.4, -0.2) is 40.9 Å². The number of fused-ring (bicyclic) bond motifs is 1. The van der Waals surface area contributed by atoms with Crippen LogP contribution >= 0.6 is 11.8 Å². The number of nitrogens with zero attached hydrogens (tertiary/aromatic N) is 1. The summed E-state index contributed by atoms with van der Waals surface area (Å²) in [5.74, 6) is -1.01. The molecule has 1 aliphatic rings. The Hall–Kier alpha value is -2.02. The van der Waals surface area contributed by atoms with Crippen molar-refractivity contribution < 1.29 is 19.5 Å². The minimum absolute atomic E-state index is 0.0916. The maximum Gasteiger partial charge on any atom is 0.313 e. The number of benzene rings is 1. The van der Waals surface area contributed by atoms with Crippen LogP contribution in [0.3, 0.4) is 0 Å². The molecule has 0 aromatic heterocycles. The summed E-state index contributed by atoms with van der Waals surface area (Å²) in [6.07, 6.45) is 2.05. The Morgan fingerprint density at radius 2 is 2.09 bits per heavy atom. The summed E-state index contributed by atoms with van der Waals surface area (Å²) in [6, 6.07) is 5.53. The summed E-state index contributed by atoms with van der Waals surface area (Å²) in [5.41, 5.74) is 2.64. The monoisotopic (exact) mass is 336 g/mol. The number of carbonyl (C=O) groups excluding carboxylic acids is 2. The first kappa shape index (κ1) is 17.3. The van der Waals surface area contributed by atoms with Crippen LogP contribution in [0, 0.1) is 0 Å². The molecule has 6 nitrogen and oxygen atoms in total. The molecule has 0 bridgehead atoms. The number of rotatable bonds is 7. The molecule has 1 heterocycles. The van der Waals surface area contributed by atoms with Gasteiger partial charge in [0.25, 0.3) is 0 Å². The fraction of sp³-hybridized carbons (Fsp3) is 0.438. The molecule has 0 saturated carbocycles. The highest BCUT2D eigenvalue weighted by molar-refractivity contribution is 8.00. The fourth-order valence-electron chi connectivity index (χ4n) is 2.53. The van der Waals surface area contributed by atoms with Crippen LogP contribution in [0.5, 0.6) is 0 Å². The molecule has 7 heteroatoms. The van der Waals surface area contributed by atoms with Crippen molar-refractivity contribution in [3.8, 4) is 0 Å². The zero-order valence-electron chi connectivity index (χ0n) is 13.0. The fourth-order valence-corrected chi connectivity index (χ4v) is 3.07. The van der Waals surface area contributed by atoms with Crippen LogP contribution in [0.15, 0.2) is 18.2 Å². The molecule has 2 amide bonds. The zero-order valence-corrected chi connectivity index (χ0v) is 13.8. The maximum atomic E-state index is 12.0. The van der Waals surface area contributed by atoms with Crippen molar-refractivity contribution in [2.24, 2.45) is 0 Å². The van der Waals surface area contributed by atoms with Gasteiger partial charge in [0.1, 0.15) is 0 Å². The third-order valence-corrected chi connectivity index (χ3v) is 4.39. The Labute approximate surface area is 139 Å². The van der Waals surface area contributed by atoms with Gasteiger partial charge in [0, 0.05) is 24.3 Å². The van der Waals surface area contributed by atoms with Crippen molar-refractivity contribution in [2.45, 2.75) is 26.2 Å². The summed E-state index contributed by atoms with van der Waals surface area (Å²) >= 11 is 1.06. The highest BCUT2D eigenvalue weighted by Crippen LogP contribution is 2.30. The van der Waals surface area contributed by atoms with E-state index in [-0.39, 0.29) is 23.3 Å². The van der Waals surface area contributed by atoms with Crippen LogP contribution in [-0.2, 0) is 20.8 Å². The molecule has 1 aromatic carbocycles. The Morgan fingerprint density at radius 1 is 1.30 bits per heavy atom. The second-order valence-electron chi connectivity index (χ2n) is 5.32. The lowest BCUT2D eigenvalue weighted by Crippen LogP contribution is -2.35. The summed E-state index contributed by atoms with van der Waals surface area (Å²) < 4.78 is 0. The first-order chi connectivity index (χ1) is 11.0. The summed E-state index contributed by atoms with van der Waals surface area (Å²) in [6.45, 7) is 2.73. The normalized spacial score (nSPS) is 13.6. The number of aliphatic carboxylic acids is 1. The SMILES string of the molecule is CCCN1C(=O)CCc2cc(NC(=O)CSCC(=O)O)ccc21. The largest absolute Gasteiger partial charge is 0.481 e. The maximum absolute atomic E-state index is 12.0. The van der Waals surface area contributed by atoms with Crippen LogP contribution in [0.25, 0.3) is 0 Å². The molecule has 0 unspecified atom stereocenters. The van der Waals surface area contributed by atoms with Gasteiger partial charge in [0.15, 0.2) is 0 Å². The molecular formula is C16H20N2O4S. The van der Waals surface area contributed by atoms with E-state index in [4.69, 9.17) is 5.11 Å². The molecular weight excluding hydrogens is 316 g/mol. The molecule has 1 aliphatic heterocycles. The van der Waals surface area contributed by atoms with E-state index in [1.807, 2.05) is 19.1 Å². The van der Waals surface area contributed by atoms with E-state index in [0.29, 0.717) is 25.1 Å². The number of aryl methyl sites for hydroxylation is 1. The summed E-state index contributed by atoms with van der Waals surface area (Å²) in [5, 5.41) is 11.3. The van der Waals surface area contributed by atoms with Gasteiger partial charge in [-0.15, -0.1) is 11.8 Å². The number of thioether (sulfide) groups is 1. The van der Waals surface area contributed by atoms with E-state index >= 15 is 0 Å². The Balaban J connectivity index is 2.02. The number of carboxylic acid groups (broad SMARTS) is 1. The van der Waals surface area contributed by atoms with Gasteiger partial charge in [-0.2, -0.15) is 0 Å². The smallest absolute Gasteiger partial charge is 0.313 e. The molecule has 1 aromatic rings. The van der Waals surface area contributed by atoms with Gasteiger partial charge in [0.05, 0.1) is 11.5 Å². The van der Waals surface area contributed by atoms with Crippen molar-refractivity contribution in [3.05, 3.63) is 23.8 Å². The average molecular weight is 336 g/mol. The number of anilines is 2. The third-order valence-electron chi connectivity index (χ3n) is 3.47. The third kappa shape index (κ3) is 4.72. The molecule has 2 rings (SSSR count). The van der Waals surface area contributed by atoms with Gasteiger partial charge in [-0.1, -0.05) is 6.92 Å². The van der Waals surface area contributed by atoms with E-state index in [2.05, 4.69) is 5.32 Å². The minimum Gasteiger partial charge on any atom is -0.481 e. The van der Waals surface area contributed by atoms with E-state index in [0.717, 1.165) is 29.4 Å². The Bertz CT molecular complexity index is 618. The topological polar surface area (TPSA) is 86.7 Å². The van der Waals surface area contributed by atoms with Crippen LogP contribution < -0.4 is 10.2 Å². The summed E-state index contributed by atoms with van der Waals surface area (Å²) in [4.78, 5) is 36.0. The number of carboxylic acids is 1. The predicted octanol–water partition coefficient (Wildman–Crippen LogP) is 2.13. The van der Waals surface area contributed by atoms with E-state index < -0.39 is 5.97 Å². The lowest BCUT2D eigenvalue weighted by atomic mass is 10.00. The first-order valence-electron chi connectivity index (χ1n) is 7.54. The molecule has 0 saturated heterocycles. The van der Waals surface area contributed by atoms with E-state index in [9.17, 15) is 14.4 Å². The van der Waals surface area contributed by atoms with E-state index in [1.165, 1.54) is 0 Å². The second-order valence-corrected chi connectivity index (χ2v) is 6.31. The van der Waals surface area contributed by atoms with Gasteiger partial charge in [-0.25, -0.2) is 0 Å². The molecule has 0 fully saturated rings. The van der Waals surface area contributed by atoms with Gasteiger partial charge >= 0.3 is 5.97 Å². The van der Waals surface area contributed by atoms with Crippen molar-refractivity contribution >= 4 is 40.9 Å². The average Bonchev–Trinajstić information content (AvgIpc) is 2.50. The van der Waals surface area contributed by atoms with E-state index in [1.54, 1.807) is 11.0 Å². The molecule has 0 atom stereocenters. The van der Waals surface area contributed by atoms with Gasteiger partial charge in [0.2, 0.25) is 11.8 Å². The highest BCUT2D eigenvalue weighted by atomic mass is 32.2. The number of amides is 2. The van der Waals surface area contributed by atoms with Crippen LogP contribution in [0.4, 0.5) is 11.4 Å². The second kappa shape index (κ2) is 8.01. The lowest BCUT2D eigenvalue weighted by Gasteiger charge is -2.29. The molecule has 23 heavy (non-hydrogen) atoms. The van der Waals surface area contributed by atoms with Crippen LogP contribution in [0.1, 0.15) is 25.3 Å².